The van der Waals surface area contributed by atoms with Crippen LogP contribution in [0.5, 0.6) is 0 Å². The van der Waals surface area contributed by atoms with Crippen molar-refractivity contribution in [3.8, 4) is 0 Å². The van der Waals surface area contributed by atoms with Gasteiger partial charge in [-0.25, -0.2) is 9.59 Å². The van der Waals surface area contributed by atoms with Crippen molar-refractivity contribution in [2.24, 2.45) is 4.99 Å². The molecule has 6 heteroatoms. The summed E-state index contributed by atoms with van der Waals surface area (Å²) in [6.07, 6.45) is 1.29. The van der Waals surface area contributed by atoms with Crippen LogP contribution in [0.15, 0.2) is 52.2 Å². The molecular formula is C14H11NO4S. The average molecular weight is 289 g/mol. The first-order valence-corrected chi connectivity index (χ1v) is 6.66. The summed E-state index contributed by atoms with van der Waals surface area (Å²) in [4.78, 5) is 25.5. The number of nitrogens with zero attached hydrogens (tertiary/aromatic N) is 1. The molecule has 5 nitrogen and oxygen atoms in total. The number of hydrogen-bond acceptors (Lipinski definition) is 5. The molecule has 2 aromatic rings. The molecule has 1 N–H and O–H groups in total. The van der Waals surface area contributed by atoms with Crippen LogP contribution < -0.4 is 0 Å². The smallest absolute Gasteiger partial charge is 0.365 e. The summed E-state index contributed by atoms with van der Waals surface area (Å²) < 4.78 is 5.44. The van der Waals surface area contributed by atoms with Gasteiger partial charge in [0.05, 0.1) is 6.61 Å². The highest BCUT2D eigenvalue weighted by Gasteiger charge is 2.42. The zero-order valence-corrected chi connectivity index (χ0v) is 11.2. The number of hydrogen-bond donors (Lipinski definition) is 1. The Morgan fingerprint density at radius 3 is 2.65 bits per heavy atom. The van der Waals surface area contributed by atoms with Gasteiger partial charge in [0.2, 0.25) is 6.08 Å². The van der Waals surface area contributed by atoms with Gasteiger partial charge < -0.3 is 9.84 Å². The van der Waals surface area contributed by atoms with Crippen LogP contribution in [0, 0.1) is 0 Å². The van der Waals surface area contributed by atoms with Crippen LogP contribution in [0.1, 0.15) is 11.1 Å². The standard InChI is InChI=1S/C14H11NO4S/c16-10-15-14(13(17)18,12-6-7-20-9-12)19-8-11-4-2-1-3-5-11/h1-7,9H,8H2,(H,17,18). The maximum absolute atomic E-state index is 11.5. The number of ether oxygens (including phenoxy) is 1. The van der Waals surface area contributed by atoms with Crippen molar-refractivity contribution in [1.29, 1.82) is 0 Å². The molecule has 1 atom stereocenters. The first-order chi connectivity index (χ1) is 9.69. The second kappa shape index (κ2) is 6.25. The van der Waals surface area contributed by atoms with Crippen molar-refractivity contribution in [2.75, 3.05) is 0 Å². The molecular weight excluding hydrogens is 278 g/mol. The molecule has 2 rings (SSSR count). The third kappa shape index (κ3) is 2.83. The van der Waals surface area contributed by atoms with Gasteiger partial charge in [-0.05, 0) is 22.4 Å². The average Bonchev–Trinajstić information content (AvgIpc) is 2.99. The van der Waals surface area contributed by atoms with E-state index in [1.54, 1.807) is 29.0 Å². The van der Waals surface area contributed by atoms with Crippen molar-refractivity contribution in [3.63, 3.8) is 0 Å². The number of carbonyl (C=O) groups is 1. The topological polar surface area (TPSA) is 76.0 Å². The number of carboxylic acids is 1. The molecule has 1 unspecified atom stereocenters. The van der Waals surface area contributed by atoms with Gasteiger partial charge in [-0.15, -0.1) is 0 Å². The van der Waals surface area contributed by atoms with Crippen LogP contribution in [0.3, 0.4) is 0 Å². The van der Waals surface area contributed by atoms with E-state index in [-0.39, 0.29) is 6.61 Å². The molecule has 0 aliphatic rings. The van der Waals surface area contributed by atoms with Crippen LogP contribution in [-0.2, 0) is 26.7 Å². The van der Waals surface area contributed by atoms with Crippen LogP contribution >= 0.6 is 11.3 Å². The highest BCUT2D eigenvalue weighted by molar-refractivity contribution is 7.08. The lowest BCUT2D eigenvalue weighted by molar-refractivity contribution is -0.168. The predicted molar refractivity (Wildman–Crippen MR) is 73.0 cm³/mol. The van der Waals surface area contributed by atoms with Gasteiger partial charge in [-0.1, -0.05) is 30.3 Å². The van der Waals surface area contributed by atoms with Crippen LogP contribution in [0.25, 0.3) is 0 Å². The Morgan fingerprint density at radius 1 is 1.35 bits per heavy atom. The van der Waals surface area contributed by atoms with E-state index < -0.39 is 11.7 Å². The maximum Gasteiger partial charge on any atom is 0.365 e. The largest absolute Gasteiger partial charge is 0.477 e. The zero-order chi connectivity index (χ0) is 14.4. The monoisotopic (exact) mass is 289 g/mol. The Labute approximate surface area is 119 Å². The molecule has 0 spiro atoms. The summed E-state index contributed by atoms with van der Waals surface area (Å²) in [6, 6.07) is 10.6. The minimum Gasteiger partial charge on any atom is -0.477 e. The lowest BCUT2D eigenvalue weighted by Crippen LogP contribution is -2.36. The Balaban J connectivity index is 2.32. The number of rotatable bonds is 6. The predicted octanol–water partition coefficient (Wildman–Crippen LogP) is 2.54. The molecule has 1 heterocycles. The van der Waals surface area contributed by atoms with E-state index in [9.17, 15) is 14.7 Å². The van der Waals surface area contributed by atoms with Gasteiger partial charge in [-0.2, -0.15) is 16.3 Å². The summed E-state index contributed by atoms with van der Waals surface area (Å²) in [5.74, 6) is -1.35. The lowest BCUT2D eigenvalue weighted by atomic mass is 10.1. The number of thiophene rings is 1. The number of carboxylic acid groups (broad SMARTS) is 1. The first kappa shape index (κ1) is 14.1. The van der Waals surface area contributed by atoms with Crippen LogP contribution in [-0.4, -0.2) is 17.2 Å². The third-order valence-electron chi connectivity index (χ3n) is 2.70. The molecule has 1 aromatic carbocycles. The van der Waals surface area contributed by atoms with Gasteiger partial charge in [0.25, 0.3) is 5.72 Å². The van der Waals surface area contributed by atoms with E-state index in [1.165, 1.54) is 17.4 Å². The molecule has 20 heavy (non-hydrogen) atoms. The molecule has 0 bridgehead atoms. The fraction of sp³-hybridized carbons (Fsp3) is 0.143. The highest BCUT2D eigenvalue weighted by Crippen LogP contribution is 2.30. The maximum atomic E-state index is 11.5. The second-order valence-electron chi connectivity index (χ2n) is 3.94. The van der Waals surface area contributed by atoms with E-state index in [1.807, 2.05) is 18.2 Å². The number of benzene rings is 1. The summed E-state index contributed by atoms with van der Waals surface area (Å²) >= 11 is 1.30. The fourth-order valence-corrected chi connectivity index (χ4v) is 2.39. The minimum atomic E-state index is -2.04. The Kier molecular flexibility index (Phi) is 4.42. The third-order valence-corrected chi connectivity index (χ3v) is 3.38. The SMILES string of the molecule is O=C=NC(OCc1ccccc1)(C(=O)O)c1ccsc1. The molecule has 0 fully saturated rings. The van der Waals surface area contributed by atoms with E-state index in [0.717, 1.165) is 5.56 Å². The molecule has 1 aromatic heterocycles. The van der Waals surface area contributed by atoms with Crippen molar-refractivity contribution < 1.29 is 19.4 Å². The van der Waals surface area contributed by atoms with E-state index >= 15 is 0 Å². The van der Waals surface area contributed by atoms with Gasteiger partial charge in [-0.3, -0.25) is 0 Å². The normalized spacial score (nSPS) is 13.2. The molecule has 0 aliphatic heterocycles. The highest BCUT2D eigenvalue weighted by atomic mass is 32.1. The molecule has 0 amide bonds. The van der Waals surface area contributed by atoms with Crippen LogP contribution in [0.2, 0.25) is 0 Å². The number of isocyanates is 1. The van der Waals surface area contributed by atoms with Crippen molar-refractivity contribution in [2.45, 2.75) is 12.3 Å². The lowest BCUT2D eigenvalue weighted by Gasteiger charge is -2.23. The van der Waals surface area contributed by atoms with E-state index in [4.69, 9.17) is 4.74 Å². The molecule has 0 aliphatic carbocycles. The van der Waals surface area contributed by atoms with Gasteiger partial charge in [0.1, 0.15) is 0 Å². The Bertz CT molecular complexity index is 616. The number of carbonyl (C=O) groups excluding carboxylic acids is 1. The molecule has 102 valence electrons. The molecule has 0 radical (unpaired) electrons. The Morgan fingerprint density at radius 2 is 2.10 bits per heavy atom. The summed E-state index contributed by atoms with van der Waals surface area (Å²) in [6.45, 7) is 0.0220. The number of aliphatic carboxylic acids is 1. The molecule has 0 saturated carbocycles. The van der Waals surface area contributed by atoms with Crippen molar-refractivity contribution in [1.82, 2.24) is 0 Å². The Hall–Kier alpha value is -2.27. The number of aliphatic imine (C=N–C) groups is 1. The van der Waals surface area contributed by atoms with Gasteiger partial charge >= 0.3 is 5.97 Å². The quantitative estimate of drug-likeness (QED) is 0.655. The van der Waals surface area contributed by atoms with Crippen molar-refractivity contribution >= 4 is 23.4 Å². The summed E-state index contributed by atoms with van der Waals surface area (Å²) in [7, 11) is 0. The summed E-state index contributed by atoms with van der Waals surface area (Å²) in [5, 5.41) is 12.7. The zero-order valence-electron chi connectivity index (χ0n) is 10.4. The van der Waals surface area contributed by atoms with Gasteiger partial charge in [0.15, 0.2) is 0 Å². The summed E-state index contributed by atoms with van der Waals surface area (Å²) in [5.41, 5.74) is -0.957. The first-order valence-electron chi connectivity index (χ1n) is 5.72. The van der Waals surface area contributed by atoms with E-state index in [2.05, 4.69) is 4.99 Å². The van der Waals surface area contributed by atoms with E-state index in [0.29, 0.717) is 5.56 Å². The second-order valence-corrected chi connectivity index (χ2v) is 4.72. The van der Waals surface area contributed by atoms with Crippen molar-refractivity contribution in [3.05, 3.63) is 58.3 Å². The van der Waals surface area contributed by atoms with Gasteiger partial charge in [0, 0.05) is 5.56 Å². The van der Waals surface area contributed by atoms with Crippen LogP contribution in [0.4, 0.5) is 0 Å². The fourth-order valence-electron chi connectivity index (χ4n) is 1.70. The minimum absolute atomic E-state index is 0.0220. The molecule has 0 saturated heterocycles.